The van der Waals surface area contributed by atoms with Crippen LogP contribution in [0.1, 0.15) is 29.4 Å². The Bertz CT molecular complexity index is 1180. The highest BCUT2D eigenvalue weighted by molar-refractivity contribution is 5.92. The van der Waals surface area contributed by atoms with Gasteiger partial charge in [-0.15, -0.1) is 0 Å². The summed E-state index contributed by atoms with van der Waals surface area (Å²) < 4.78 is 16.9. The van der Waals surface area contributed by atoms with Gasteiger partial charge in [0.25, 0.3) is 0 Å². The lowest BCUT2D eigenvalue weighted by molar-refractivity contribution is -0.118. The maximum absolute atomic E-state index is 12.6. The molecule has 1 aliphatic rings. The number of carbonyl (C=O) groups is 1. The Morgan fingerprint density at radius 3 is 2.59 bits per heavy atom. The highest BCUT2D eigenvalue weighted by atomic mass is 16.5. The number of methoxy groups -OCH3 is 1. The van der Waals surface area contributed by atoms with Crippen LogP contribution in [0, 0.1) is 0 Å². The minimum absolute atomic E-state index is 0.0369. The van der Waals surface area contributed by atoms with Gasteiger partial charge in [-0.2, -0.15) is 0 Å². The molecule has 1 aliphatic heterocycles. The van der Waals surface area contributed by atoms with E-state index in [9.17, 15) is 14.7 Å². The number of morpholine rings is 1. The summed E-state index contributed by atoms with van der Waals surface area (Å²) in [4.78, 5) is 26.7. The van der Waals surface area contributed by atoms with E-state index >= 15 is 0 Å². The molecular formula is C24H26N2O6. The number of fused-ring (bicyclic) bond motifs is 1. The number of carbonyl (C=O) groups excluding carboxylic acids is 1. The molecule has 1 amide bonds. The first-order chi connectivity index (χ1) is 15.5. The molecule has 2 aromatic carbocycles. The third kappa shape index (κ3) is 4.46. The second-order valence-corrected chi connectivity index (χ2v) is 7.80. The summed E-state index contributed by atoms with van der Waals surface area (Å²) in [5, 5.41) is 12.3. The van der Waals surface area contributed by atoms with Crippen LogP contribution in [0.3, 0.4) is 0 Å². The molecule has 32 heavy (non-hydrogen) atoms. The van der Waals surface area contributed by atoms with E-state index in [4.69, 9.17) is 19.6 Å². The van der Waals surface area contributed by atoms with Crippen LogP contribution in [-0.2, 0) is 16.1 Å². The smallest absolute Gasteiger partial charge is 0.227 e. The third-order valence-corrected chi connectivity index (χ3v) is 5.72. The van der Waals surface area contributed by atoms with Crippen molar-refractivity contribution in [3.05, 3.63) is 69.8 Å². The van der Waals surface area contributed by atoms with Gasteiger partial charge in [-0.3, -0.25) is 14.5 Å². The molecule has 0 bridgehead atoms. The Labute approximate surface area is 185 Å². The van der Waals surface area contributed by atoms with Gasteiger partial charge in [-0.25, -0.2) is 0 Å². The van der Waals surface area contributed by atoms with Crippen LogP contribution < -0.4 is 15.9 Å². The van der Waals surface area contributed by atoms with Crippen LogP contribution in [-0.4, -0.2) is 49.3 Å². The van der Waals surface area contributed by atoms with Gasteiger partial charge in [-0.1, -0.05) is 30.3 Å². The summed E-state index contributed by atoms with van der Waals surface area (Å²) in [6.45, 7) is 3.05. The molecule has 1 atom stereocenters. The Kier molecular flexibility index (Phi) is 6.43. The summed E-state index contributed by atoms with van der Waals surface area (Å²) in [5.74, 6) is -0.696. The molecule has 0 saturated carbocycles. The molecule has 3 aromatic rings. The molecule has 1 saturated heterocycles. The fraction of sp³-hybridized carbons (Fsp3) is 0.333. The summed E-state index contributed by atoms with van der Waals surface area (Å²) in [7, 11) is 1.59. The Morgan fingerprint density at radius 1 is 1.19 bits per heavy atom. The van der Waals surface area contributed by atoms with Gasteiger partial charge in [0.15, 0.2) is 5.76 Å². The monoisotopic (exact) mass is 438 g/mol. The highest BCUT2D eigenvalue weighted by Gasteiger charge is 2.27. The quantitative estimate of drug-likeness (QED) is 0.582. The average molecular weight is 438 g/mol. The van der Waals surface area contributed by atoms with Crippen LogP contribution in [0.2, 0.25) is 0 Å². The second-order valence-electron chi connectivity index (χ2n) is 7.80. The predicted octanol–water partition coefficient (Wildman–Crippen LogP) is 2.35. The zero-order chi connectivity index (χ0) is 22.7. The van der Waals surface area contributed by atoms with Crippen molar-refractivity contribution in [1.82, 2.24) is 4.90 Å². The summed E-state index contributed by atoms with van der Waals surface area (Å²) >= 11 is 0. The number of hydrogen-bond acceptors (Lipinski definition) is 7. The van der Waals surface area contributed by atoms with Crippen molar-refractivity contribution in [2.75, 3.05) is 33.4 Å². The van der Waals surface area contributed by atoms with E-state index in [0.29, 0.717) is 49.9 Å². The molecule has 1 aromatic heterocycles. The number of ether oxygens (including phenoxy) is 2. The molecule has 168 valence electrons. The van der Waals surface area contributed by atoms with Crippen LogP contribution >= 0.6 is 0 Å². The largest absolute Gasteiger partial charge is 0.502 e. The molecule has 0 unspecified atom stereocenters. The van der Waals surface area contributed by atoms with E-state index in [-0.39, 0.29) is 12.2 Å². The number of aromatic hydroxyl groups is 1. The molecule has 0 radical (unpaired) electrons. The normalized spacial score (nSPS) is 15.5. The lowest BCUT2D eigenvalue weighted by Crippen LogP contribution is -2.35. The van der Waals surface area contributed by atoms with Crippen LogP contribution in [0.5, 0.6) is 11.5 Å². The Hall–Kier alpha value is -3.36. The maximum Gasteiger partial charge on any atom is 0.227 e. The van der Waals surface area contributed by atoms with Crippen molar-refractivity contribution in [3.8, 4) is 11.5 Å². The average Bonchev–Trinajstić information content (AvgIpc) is 2.80. The van der Waals surface area contributed by atoms with Gasteiger partial charge < -0.3 is 24.7 Å². The van der Waals surface area contributed by atoms with Crippen molar-refractivity contribution >= 4 is 16.7 Å². The first-order valence-electron chi connectivity index (χ1n) is 10.5. The van der Waals surface area contributed by atoms with E-state index in [1.165, 1.54) is 6.07 Å². The van der Waals surface area contributed by atoms with Crippen molar-refractivity contribution in [1.29, 1.82) is 0 Å². The van der Waals surface area contributed by atoms with Crippen molar-refractivity contribution in [2.45, 2.75) is 18.9 Å². The molecule has 1 fully saturated rings. The molecule has 0 aliphatic carbocycles. The SMILES string of the molecule is COc1ccc([C@H](CC(N)=O)c2oc(CN3CCOCC3)cc(=O)c2O)c2ccccc12. The number of benzene rings is 2. The van der Waals surface area contributed by atoms with E-state index in [1.807, 2.05) is 30.3 Å². The van der Waals surface area contributed by atoms with E-state index in [0.717, 1.165) is 10.8 Å². The van der Waals surface area contributed by atoms with Crippen LogP contribution in [0.25, 0.3) is 10.8 Å². The molecular weight excluding hydrogens is 412 g/mol. The summed E-state index contributed by atoms with van der Waals surface area (Å²) in [6.07, 6.45) is -0.131. The highest BCUT2D eigenvalue weighted by Crippen LogP contribution is 2.39. The summed E-state index contributed by atoms with van der Waals surface area (Å²) in [6, 6.07) is 12.5. The lowest BCUT2D eigenvalue weighted by Gasteiger charge is -2.26. The maximum atomic E-state index is 12.6. The fourth-order valence-corrected chi connectivity index (χ4v) is 4.17. The van der Waals surface area contributed by atoms with Gasteiger partial charge in [0.1, 0.15) is 11.5 Å². The minimum Gasteiger partial charge on any atom is -0.502 e. The zero-order valence-corrected chi connectivity index (χ0v) is 17.9. The van der Waals surface area contributed by atoms with Gasteiger partial charge in [0.2, 0.25) is 17.1 Å². The number of primary amides is 1. The molecule has 3 N–H and O–H groups in total. The molecule has 8 nitrogen and oxygen atoms in total. The van der Waals surface area contributed by atoms with Crippen molar-refractivity contribution in [3.63, 3.8) is 0 Å². The number of nitrogens with zero attached hydrogens (tertiary/aromatic N) is 1. The van der Waals surface area contributed by atoms with E-state index < -0.39 is 23.0 Å². The molecule has 4 rings (SSSR count). The fourth-order valence-electron chi connectivity index (χ4n) is 4.17. The van der Waals surface area contributed by atoms with Crippen LogP contribution in [0.15, 0.2) is 51.7 Å². The van der Waals surface area contributed by atoms with E-state index in [1.54, 1.807) is 13.2 Å². The number of amides is 1. The second kappa shape index (κ2) is 9.42. The van der Waals surface area contributed by atoms with Crippen LogP contribution in [0.4, 0.5) is 0 Å². The molecule has 0 spiro atoms. The lowest BCUT2D eigenvalue weighted by atomic mass is 9.88. The summed E-state index contributed by atoms with van der Waals surface area (Å²) in [5.41, 5.74) is 5.71. The predicted molar refractivity (Wildman–Crippen MR) is 119 cm³/mol. The Morgan fingerprint density at radius 2 is 1.91 bits per heavy atom. The van der Waals surface area contributed by atoms with Gasteiger partial charge in [-0.05, 0) is 17.0 Å². The van der Waals surface area contributed by atoms with Gasteiger partial charge >= 0.3 is 0 Å². The number of nitrogens with two attached hydrogens (primary N) is 1. The number of hydrogen-bond donors (Lipinski definition) is 2. The van der Waals surface area contributed by atoms with Gasteiger partial charge in [0.05, 0.1) is 32.8 Å². The minimum atomic E-state index is -0.736. The molecule has 8 heteroatoms. The van der Waals surface area contributed by atoms with Crippen molar-refractivity contribution in [2.24, 2.45) is 5.73 Å². The third-order valence-electron chi connectivity index (χ3n) is 5.72. The molecule has 2 heterocycles. The first-order valence-corrected chi connectivity index (χ1v) is 10.5. The topological polar surface area (TPSA) is 115 Å². The number of rotatable bonds is 7. The first kappa shape index (κ1) is 21.9. The van der Waals surface area contributed by atoms with E-state index in [2.05, 4.69) is 4.90 Å². The Balaban J connectivity index is 1.83. The zero-order valence-electron chi connectivity index (χ0n) is 17.9. The van der Waals surface area contributed by atoms with Crippen molar-refractivity contribution < 1.29 is 23.8 Å². The van der Waals surface area contributed by atoms with Gasteiger partial charge in [0, 0.05) is 31.0 Å². The standard InChI is InChI=1S/C24H26N2O6/c1-30-21-7-6-17(16-4-2-3-5-18(16)21)19(13-22(25)28)24-23(29)20(27)12-15(32-24)14-26-8-10-31-11-9-26/h2-7,12,19,29H,8-11,13-14H2,1H3,(H2,25,28)/t19-/m0/s1.